The molecule has 1 aromatic heterocycles. The number of nitrogens with one attached hydrogen (secondary N) is 1. The Balaban J connectivity index is 1.51. The van der Waals surface area contributed by atoms with Crippen LogP contribution in [-0.4, -0.2) is 37.2 Å². The van der Waals surface area contributed by atoms with E-state index in [0.29, 0.717) is 46.4 Å². The van der Waals surface area contributed by atoms with Gasteiger partial charge in [0.15, 0.2) is 11.5 Å². The van der Waals surface area contributed by atoms with E-state index in [-0.39, 0.29) is 23.0 Å². The van der Waals surface area contributed by atoms with Crippen molar-refractivity contribution in [3.8, 4) is 17.2 Å². The SMILES string of the molecule is CCCc1cc(C(=O)O)ccc1OC(C(=O)NS(=O)(=O)c1cnc2ccccc2c1)c1ccc2c(c1)OCO2. The molecule has 0 aliphatic carbocycles. The molecule has 0 bridgehead atoms. The first-order chi connectivity index (χ1) is 18.7. The maximum atomic E-state index is 13.5. The molecule has 0 spiro atoms. The number of hydrogen-bond donors (Lipinski definition) is 2. The van der Waals surface area contributed by atoms with Gasteiger partial charge in [0.05, 0.1) is 11.1 Å². The molecule has 0 saturated carbocycles. The van der Waals surface area contributed by atoms with E-state index in [2.05, 4.69) is 9.71 Å². The van der Waals surface area contributed by atoms with Gasteiger partial charge < -0.3 is 19.3 Å². The summed E-state index contributed by atoms with van der Waals surface area (Å²) in [5.41, 5.74) is 1.56. The lowest BCUT2D eigenvalue weighted by molar-refractivity contribution is -0.126. The highest BCUT2D eigenvalue weighted by molar-refractivity contribution is 7.90. The van der Waals surface area contributed by atoms with Crippen molar-refractivity contribution in [3.63, 3.8) is 0 Å². The maximum absolute atomic E-state index is 13.5. The first-order valence-electron chi connectivity index (χ1n) is 12.1. The average molecular weight is 549 g/mol. The second-order valence-electron chi connectivity index (χ2n) is 8.82. The number of hydrogen-bond acceptors (Lipinski definition) is 8. The van der Waals surface area contributed by atoms with Crippen molar-refractivity contribution in [2.24, 2.45) is 0 Å². The van der Waals surface area contributed by atoms with E-state index in [1.54, 1.807) is 42.5 Å². The van der Waals surface area contributed by atoms with Crippen molar-refractivity contribution in [1.82, 2.24) is 9.71 Å². The fourth-order valence-corrected chi connectivity index (χ4v) is 5.17. The highest BCUT2D eigenvalue weighted by Gasteiger charge is 2.30. The summed E-state index contributed by atoms with van der Waals surface area (Å²) in [7, 11) is -4.32. The van der Waals surface area contributed by atoms with Gasteiger partial charge in [-0.05, 0) is 54.4 Å². The lowest BCUT2D eigenvalue weighted by atomic mass is 10.0. The molecule has 2 heterocycles. The average Bonchev–Trinajstić information content (AvgIpc) is 3.40. The number of carboxylic acids is 1. The normalized spacial score (nSPS) is 13.2. The highest BCUT2D eigenvalue weighted by atomic mass is 32.2. The summed E-state index contributed by atoms with van der Waals surface area (Å²) in [4.78, 5) is 29.0. The lowest BCUT2D eigenvalue weighted by Crippen LogP contribution is -2.37. The van der Waals surface area contributed by atoms with Crippen molar-refractivity contribution in [2.75, 3.05) is 6.79 Å². The molecule has 0 fully saturated rings. The minimum absolute atomic E-state index is 0.0111. The molecule has 4 aromatic rings. The number of nitrogens with zero attached hydrogens (tertiary/aromatic N) is 1. The summed E-state index contributed by atoms with van der Waals surface area (Å²) in [5, 5.41) is 10.0. The predicted molar refractivity (Wildman–Crippen MR) is 140 cm³/mol. The molecule has 0 radical (unpaired) electrons. The molecule has 200 valence electrons. The molecule has 1 unspecified atom stereocenters. The largest absolute Gasteiger partial charge is 0.478 e. The van der Waals surface area contributed by atoms with Crippen LogP contribution in [0.3, 0.4) is 0 Å². The van der Waals surface area contributed by atoms with E-state index < -0.39 is 28.0 Å². The van der Waals surface area contributed by atoms with Crippen LogP contribution in [0.1, 0.15) is 40.9 Å². The van der Waals surface area contributed by atoms with E-state index in [0.717, 1.165) is 0 Å². The fraction of sp³-hybridized carbons (Fsp3) is 0.179. The van der Waals surface area contributed by atoms with Gasteiger partial charge in [-0.2, -0.15) is 0 Å². The zero-order valence-corrected chi connectivity index (χ0v) is 21.6. The third-order valence-corrected chi connectivity index (χ3v) is 7.43. The first-order valence-corrected chi connectivity index (χ1v) is 13.6. The van der Waals surface area contributed by atoms with Crippen LogP contribution in [-0.2, 0) is 21.2 Å². The number of fused-ring (bicyclic) bond motifs is 2. The smallest absolute Gasteiger partial charge is 0.335 e. The lowest BCUT2D eigenvalue weighted by Gasteiger charge is -2.21. The Kier molecular flexibility index (Phi) is 7.07. The molecule has 2 N–H and O–H groups in total. The highest BCUT2D eigenvalue weighted by Crippen LogP contribution is 2.36. The third kappa shape index (κ3) is 5.48. The molecule has 1 aliphatic rings. The number of pyridine rings is 1. The van der Waals surface area contributed by atoms with Gasteiger partial charge in [0, 0.05) is 17.1 Å². The maximum Gasteiger partial charge on any atom is 0.335 e. The Morgan fingerprint density at radius 1 is 1.05 bits per heavy atom. The van der Waals surface area contributed by atoms with Crippen molar-refractivity contribution < 1.29 is 37.3 Å². The monoisotopic (exact) mass is 548 g/mol. The number of benzene rings is 3. The van der Waals surface area contributed by atoms with Gasteiger partial charge in [0.25, 0.3) is 15.9 Å². The number of ether oxygens (including phenoxy) is 3. The quantitative estimate of drug-likeness (QED) is 0.314. The van der Waals surface area contributed by atoms with Crippen LogP contribution < -0.4 is 18.9 Å². The number of para-hydroxylation sites is 1. The van der Waals surface area contributed by atoms with Gasteiger partial charge in [-0.25, -0.2) is 17.9 Å². The number of carboxylic acid groups (broad SMARTS) is 1. The van der Waals surface area contributed by atoms with Crippen LogP contribution >= 0.6 is 0 Å². The Labute approximate surface area is 224 Å². The van der Waals surface area contributed by atoms with Crippen LogP contribution in [0, 0.1) is 0 Å². The molecule has 11 heteroatoms. The molecular weight excluding hydrogens is 524 g/mol. The third-order valence-electron chi connectivity index (χ3n) is 6.12. The number of carbonyl (C=O) groups excluding carboxylic acids is 1. The van der Waals surface area contributed by atoms with Crippen LogP contribution in [0.15, 0.2) is 77.8 Å². The van der Waals surface area contributed by atoms with Crippen LogP contribution in [0.25, 0.3) is 10.9 Å². The number of sulfonamides is 1. The van der Waals surface area contributed by atoms with Crippen LogP contribution in [0.2, 0.25) is 0 Å². The Bertz CT molecular complexity index is 1690. The number of carbonyl (C=O) groups is 2. The molecular formula is C28H24N2O8S. The zero-order chi connectivity index (χ0) is 27.6. The second kappa shape index (κ2) is 10.6. The summed E-state index contributed by atoms with van der Waals surface area (Å²) in [6.07, 6.45) is 0.920. The minimum atomic E-state index is -4.32. The number of amides is 1. The molecule has 39 heavy (non-hydrogen) atoms. The van der Waals surface area contributed by atoms with Crippen molar-refractivity contribution in [3.05, 3.63) is 89.6 Å². The number of aromatic carboxylic acids is 1. The molecule has 1 atom stereocenters. The predicted octanol–water partition coefficient (Wildman–Crippen LogP) is 4.24. The summed E-state index contributed by atoms with van der Waals surface area (Å²) in [5.74, 6) is -0.939. The van der Waals surface area contributed by atoms with Gasteiger partial charge in [-0.3, -0.25) is 9.78 Å². The zero-order valence-electron chi connectivity index (χ0n) is 20.8. The Hall–Kier alpha value is -4.64. The van der Waals surface area contributed by atoms with E-state index in [4.69, 9.17) is 14.2 Å². The Morgan fingerprint density at radius 2 is 1.85 bits per heavy atom. The number of aryl methyl sites for hydroxylation is 1. The van der Waals surface area contributed by atoms with E-state index in [1.807, 2.05) is 6.92 Å². The van der Waals surface area contributed by atoms with Crippen molar-refractivity contribution in [2.45, 2.75) is 30.8 Å². The fourth-order valence-electron chi connectivity index (χ4n) is 4.21. The van der Waals surface area contributed by atoms with Crippen molar-refractivity contribution >= 4 is 32.8 Å². The summed E-state index contributed by atoms with van der Waals surface area (Å²) in [6.45, 7) is 1.93. The van der Waals surface area contributed by atoms with E-state index >= 15 is 0 Å². The van der Waals surface area contributed by atoms with Crippen LogP contribution in [0.4, 0.5) is 0 Å². The molecule has 0 saturated heterocycles. The summed E-state index contributed by atoms with van der Waals surface area (Å²) >= 11 is 0. The summed E-state index contributed by atoms with van der Waals surface area (Å²) in [6, 6.07) is 17.5. The first kappa shape index (κ1) is 26.0. The molecule has 5 rings (SSSR count). The molecule has 1 amide bonds. The molecule has 3 aromatic carbocycles. The van der Waals surface area contributed by atoms with E-state index in [1.165, 1.54) is 30.5 Å². The molecule has 1 aliphatic heterocycles. The second-order valence-corrected chi connectivity index (χ2v) is 10.5. The van der Waals surface area contributed by atoms with E-state index in [9.17, 15) is 23.1 Å². The van der Waals surface area contributed by atoms with Gasteiger partial charge in [0.1, 0.15) is 10.6 Å². The van der Waals surface area contributed by atoms with Gasteiger partial charge in [0.2, 0.25) is 12.9 Å². The van der Waals surface area contributed by atoms with Gasteiger partial charge in [-0.1, -0.05) is 37.6 Å². The van der Waals surface area contributed by atoms with Crippen LogP contribution in [0.5, 0.6) is 17.2 Å². The Morgan fingerprint density at radius 3 is 2.64 bits per heavy atom. The standard InChI is InChI=1S/C28H24N2O8S/c1-2-5-18-12-20(28(32)33)9-10-23(18)38-26(19-8-11-24-25(14-19)37-16-36-24)27(31)30-39(34,35)21-13-17-6-3-4-7-22(17)29-15-21/h3-4,6-15,26H,2,5,16H2,1H3,(H,30,31)(H,32,33). The number of aromatic nitrogens is 1. The van der Waals surface area contributed by atoms with Gasteiger partial charge in [-0.15, -0.1) is 0 Å². The summed E-state index contributed by atoms with van der Waals surface area (Å²) < 4.78 is 45.4. The number of rotatable bonds is 9. The van der Waals surface area contributed by atoms with Crippen molar-refractivity contribution in [1.29, 1.82) is 0 Å². The van der Waals surface area contributed by atoms with Gasteiger partial charge >= 0.3 is 5.97 Å². The topological polar surface area (TPSA) is 141 Å². The minimum Gasteiger partial charge on any atom is -0.478 e. The molecule has 10 nitrogen and oxygen atoms in total.